The normalized spacial score (nSPS) is 15.1. The zero-order chi connectivity index (χ0) is 25.0. The fraction of sp³-hybridized carbons (Fsp3) is 0.407. The molecule has 1 aromatic heterocycles. The summed E-state index contributed by atoms with van der Waals surface area (Å²) in [6.45, 7) is 5.18. The molecule has 7 nitrogen and oxygen atoms in total. The summed E-state index contributed by atoms with van der Waals surface area (Å²) in [4.78, 5) is 18.5. The number of alkyl halides is 1. The van der Waals surface area contributed by atoms with Gasteiger partial charge in [-0.05, 0) is 48.2 Å². The zero-order valence-corrected chi connectivity index (χ0v) is 20.4. The van der Waals surface area contributed by atoms with E-state index < -0.39 is 5.67 Å². The van der Waals surface area contributed by atoms with Crippen molar-refractivity contribution >= 4 is 5.91 Å². The van der Waals surface area contributed by atoms with Crippen molar-refractivity contribution in [2.45, 2.75) is 45.2 Å². The van der Waals surface area contributed by atoms with Gasteiger partial charge in [0.1, 0.15) is 11.5 Å². The molecule has 0 radical (unpaired) electrons. The highest BCUT2D eigenvalue weighted by molar-refractivity contribution is 5.97. The minimum atomic E-state index is -1.50. The SMILES string of the molecule is CCc1cc(C)c(C(=O)N2CCC(F)(c3ccc(C#N)cc3)CC2)cc1-c1nnc(CCOC)[nH]1. The van der Waals surface area contributed by atoms with Gasteiger partial charge in [0.05, 0.1) is 18.2 Å². The fourth-order valence-corrected chi connectivity index (χ4v) is 4.61. The Morgan fingerprint density at radius 2 is 1.94 bits per heavy atom. The van der Waals surface area contributed by atoms with Gasteiger partial charge in [-0.3, -0.25) is 4.79 Å². The maximum absolute atomic E-state index is 15.7. The van der Waals surface area contributed by atoms with E-state index in [0.717, 1.165) is 28.9 Å². The number of aryl methyl sites for hydroxylation is 2. The number of piperidine rings is 1. The van der Waals surface area contributed by atoms with Crippen LogP contribution >= 0.6 is 0 Å². The number of aromatic amines is 1. The number of methoxy groups -OCH3 is 1. The van der Waals surface area contributed by atoms with Crippen LogP contribution < -0.4 is 0 Å². The van der Waals surface area contributed by atoms with E-state index in [1.165, 1.54) is 0 Å². The van der Waals surface area contributed by atoms with Crippen molar-refractivity contribution < 1.29 is 13.9 Å². The highest BCUT2D eigenvalue weighted by atomic mass is 19.1. The minimum Gasteiger partial charge on any atom is -0.384 e. The number of amides is 1. The first-order chi connectivity index (χ1) is 16.9. The Kier molecular flexibility index (Phi) is 7.27. The molecule has 1 saturated heterocycles. The lowest BCUT2D eigenvalue weighted by Gasteiger charge is -2.37. The molecule has 8 heteroatoms. The number of likely N-dealkylation sites (tertiary alicyclic amines) is 1. The molecule has 1 aliphatic rings. The number of H-pyrrole nitrogens is 1. The fourth-order valence-electron chi connectivity index (χ4n) is 4.61. The van der Waals surface area contributed by atoms with Gasteiger partial charge in [0.15, 0.2) is 5.82 Å². The Morgan fingerprint density at radius 3 is 2.57 bits per heavy atom. The second-order valence-electron chi connectivity index (χ2n) is 8.99. The van der Waals surface area contributed by atoms with E-state index in [-0.39, 0.29) is 18.7 Å². The third-order valence-corrected chi connectivity index (χ3v) is 6.77. The Labute approximate surface area is 204 Å². The maximum atomic E-state index is 15.7. The lowest BCUT2D eigenvalue weighted by Crippen LogP contribution is -2.43. The summed E-state index contributed by atoms with van der Waals surface area (Å²) in [6, 6.07) is 12.6. The van der Waals surface area contributed by atoms with Crippen LogP contribution in [0.4, 0.5) is 4.39 Å². The predicted octanol–water partition coefficient (Wildman–Crippen LogP) is 4.50. The molecular formula is C27H30FN5O2. The Balaban J connectivity index is 1.54. The standard InChI is InChI=1S/C27H30FN5O2/c1-4-20-15-18(2)22(16-23(20)25-30-24(31-32-25)9-14-35-3)26(34)33-12-10-27(28,11-13-33)21-7-5-19(17-29)6-8-21/h5-8,15-16H,4,9-14H2,1-3H3,(H,30,31,32). The number of nitriles is 1. The van der Waals surface area contributed by atoms with Crippen LogP contribution in [0.5, 0.6) is 0 Å². The number of carbonyl (C=O) groups excluding carboxylic acids is 1. The lowest BCUT2D eigenvalue weighted by atomic mass is 9.85. The molecule has 1 amide bonds. The van der Waals surface area contributed by atoms with Crippen LogP contribution in [-0.2, 0) is 23.2 Å². The quantitative estimate of drug-likeness (QED) is 0.543. The van der Waals surface area contributed by atoms with E-state index in [4.69, 9.17) is 10.00 Å². The maximum Gasteiger partial charge on any atom is 0.254 e. The number of halogens is 1. The molecule has 0 aliphatic carbocycles. The number of nitrogens with zero attached hydrogens (tertiary/aromatic N) is 4. The number of benzene rings is 2. The number of ether oxygens (including phenoxy) is 1. The van der Waals surface area contributed by atoms with Gasteiger partial charge in [-0.25, -0.2) is 4.39 Å². The van der Waals surface area contributed by atoms with E-state index in [0.29, 0.717) is 48.6 Å². The van der Waals surface area contributed by atoms with E-state index in [2.05, 4.69) is 28.2 Å². The van der Waals surface area contributed by atoms with Gasteiger partial charge in [-0.2, -0.15) is 5.26 Å². The third kappa shape index (κ3) is 5.10. The molecule has 0 unspecified atom stereocenters. The molecule has 0 spiro atoms. The molecule has 1 fully saturated rings. The number of hydrogen-bond donors (Lipinski definition) is 1. The van der Waals surface area contributed by atoms with Crippen molar-refractivity contribution in [3.63, 3.8) is 0 Å². The summed E-state index contributed by atoms with van der Waals surface area (Å²) in [6.07, 6.45) is 1.85. The average molecular weight is 476 g/mol. The van der Waals surface area contributed by atoms with Gasteiger partial charge in [-0.1, -0.05) is 25.1 Å². The summed E-state index contributed by atoms with van der Waals surface area (Å²) >= 11 is 0. The highest BCUT2D eigenvalue weighted by Gasteiger charge is 2.38. The van der Waals surface area contributed by atoms with Gasteiger partial charge in [0, 0.05) is 50.6 Å². The molecule has 2 aromatic carbocycles. The molecule has 0 atom stereocenters. The van der Waals surface area contributed by atoms with Crippen LogP contribution in [0.15, 0.2) is 36.4 Å². The number of rotatable bonds is 7. The molecule has 4 rings (SSSR count). The van der Waals surface area contributed by atoms with Crippen LogP contribution in [0, 0.1) is 18.3 Å². The van der Waals surface area contributed by atoms with Gasteiger partial charge in [0.2, 0.25) is 0 Å². The van der Waals surface area contributed by atoms with E-state index >= 15 is 4.39 Å². The van der Waals surface area contributed by atoms with Crippen molar-refractivity contribution in [2.24, 2.45) is 0 Å². The molecule has 0 saturated carbocycles. The predicted molar refractivity (Wildman–Crippen MR) is 131 cm³/mol. The molecule has 182 valence electrons. The first kappa shape index (κ1) is 24.6. The van der Waals surface area contributed by atoms with Crippen LogP contribution in [0.1, 0.15) is 58.2 Å². The molecular weight excluding hydrogens is 445 g/mol. The van der Waals surface area contributed by atoms with Crippen molar-refractivity contribution in [3.8, 4) is 17.5 Å². The second kappa shape index (κ2) is 10.4. The molecule has 1 N–H and O–H groups in total. The summed E-state index contributed by atoms with van der Waals surface area (Å²) < 4.78 is 20.8. The minimum absolute atomic E-state index is 0.104. The monoisotopic (exact) mass is 475 g/mol. The number of carbonyl (C=O) groups is 1. The number of nitrogens with one attached hydrogen (secondary N) is 1. The topological polar surface area (TPSA) is 94.9 Å². The van der Waals surface area contributed by atoms with E-state index in [9.17, 15) is 4.79 Å². The number of aromatic nitrogens is 3. The third-order valence-electron chi connectivity index (χ3n) is 6.77. The van der Waals surface area contributed by atoms with Gasteiger partial charge in [0.25, 0.3) is 5.91 Å². The van der Waals surface area contributed by atoms with Crippen molar-refractivity contribution in [1.82, 2.24) is 20.1 Å². The van der Waals surface area contributed by atoms with Crippen molar-refractivity contribution in [3.05, 3.63) is 70.0 Å². The van der Waals surface area contributed by atoms with Crippen LogP contribution in [0.3, 0.4) is 0 Å². The summed E-state index contributed by atoms with van der Waals surface area (Å²) in [5.74, 6) is 1.26. The van der Waals surface area contributed by atoms with Crippen LogP contribution in [-0.4, -0.2) is 52.8 Å². The largest absolute Gasteiger partial charge is 0.384 e. The first-order valence-electron chi connectivity index (χ1n) is 11.9. The zero-order valence-electron chi connectivity index (χ0n) is 20.4. The van der Waals surface area contributed by atoms with Crippen molar-refractivity contribution in [2.75, 3.05) is 26.8 Å². The molecule has 35 heavy (non-hydrogen) atoms. The highest BCUT2D eigenvalue weighted by Crippen LogP contribution is 2.38. The average Bonchev–Trinajstić information content (AvgIpc) is 3.36. The molecule has 1 aliphatic heterocycles. The van der Waals surface area contributed by atoms with E-state index in [1.54, 1.807) is 36.3 Å². The van der Waals surface area contributed by atoms with Crippen LogP contribution in [0.25, 0.3) is 11.4 Å². The van der Waals surface area contributed by atoms with Crippen LogP contribution in [0.2, 0.25) is 0 Å². The van der Waals surface area contributed by atoms with Gasteiger partial charge in [-0.15, -0.1) is 10.2 Å². The Bertz CT molecular complexity index is 1240. The van der Waals surface area contributed by atoms with Crippen molar-refractivity contribution in [1.29, 1.82) is 5.26 Å². The summed E-state index contributed by atoms with van der Waals surface area (Å²) in [5, 5.41) is 17.5. The molecule has 0 bridgehead atoms. The number of hydrogen-bond acceptors (Lipinski definition) is 5. The summed E-state index contributed by atoms with van der Waals surface area (Å²) in [5.41, 5.74) is 2.97. The Hall–Kier alpha value is -3.57. The molecule has 2 heterocycles. The van der Waals surface area contributed by atoms with Gasteiger partial charge < -0.3 is 14.6 Å². The smallest absolute Gasteiger partial charge is 0.254 e. The summed E-state index contributed by atoms with van der Waals surface area (Å²) in [7, 11) is 1.64. The lowest BCUT2D eigenvalue weighted by molar-refractivity contribution is 0.0421. The van der Waals surface area contributed by atoms with E-state index in [1.807, 2.05) is 19.1 Å². The Morgan fingerprint density at radius 1 is 1.23 bits per heavy atom. The molecule has 3 aromatic rings. The first-order valence-corrected chi connectivity index (χ1v) is 11.9. The van der Waals surface area contributed by atoms with Gasteiger partial charge >= 0.3 is 0 Å². The second-order valence-corrected chi connectivity index (χ2v) is 8.99.